The predicted octanol–water partition coefficient (Wildman–Crippen LogP) is 2.97. The van der Waals surface area contributed by atoms with Gasteiger partial charge in [0, 0.05) is 6.42 Å². The molecule has 1 fully saturated rings. The van der Waals surface area contributed by atoms with Crippen LogP contribution in [0.4, 0.5) is 4.39 Å². The van der Waals surface area contributed by atoms with E-state index in [4.69, 9.17) is 5.73 Å². The van der Waals surface area contributed by atoms with Crippen LogP contribution in [0, 0.1) is 11.7 Å². The van der Waals surface area contributed by atoms with Crippen molar-refractivity contribution in [2.45, 2.75) is 38.0 Å². The zero-order chi connectivity index (χ0) is 12.3. The molecule has 0 aliphatic heterocycles. The first-order valence-electron chi connectivity index (χ1n) is 6.21. The maximum absolute atomic E-state index is 13.8. The van der Waals surface area contributed by atoms with Crippen molar-refractivity contribution in [2.24, 2.45) is 11.7 Å². The second-order valence-electron chi connectivity index (χ2n) is 4.84. The van der Waals surface area contributed by atoms with Gasteiger partial charge in [-0.25, -0.2) is 4.39 Å². The molecule has 1 atom stereocenters. The van der Waals surface area contributed by atoms with Crippen molar-refractivity contribution >= 4 is 5.91 Å². The Balaban J connectivity index is 2.25. The Kier molecular flexibility index (Phi) is 3.77. The van der Waals surface area contributed by atoms with Gasteiger partial charge in [-0.15, -0.1) is 0 Å². The molecule has 1 saturated carbocycles. The lowest BCUT2D eigenvalue weighted by atomic mass is 9.82. The average molecular weight is 235 g/mol. The summed E-state index contributed by atoms with van der Waals surface area (Å²) in [5.41, 5.74) is 5.94. The van der Waals surface area contributed by atoms with Gasteiger partial charge in [-0.05, 0) is 36.3 Å². The molecule has 1 aromatic rings. The summed E-state index contributed by atoms with van der Waals surface area (Å²) in [5, 5.41) is 0. The van der Waals surface area contributed by atoms with Gasteiger partial charge in [-0.1, -0.05) is 31.0 Å². The van der Waals surface area contributed by atoms with E-state index in [1.165, 1.54) is 18.9 Å². The van der Waals surface area contributed by atoms with Crippen LogP contribution in [0.5, 0.6) is 0 Å². The monoisotopic (exact) mass is 235 g/mol. The molecule has 1 aliphatic carbocycles. The van der Waals surface area contributed by atoms with E-state index in [1.807, 2.05) is 6.07 Å². The van der Waals surface area contributed by atoms with Gasteiger partial charge < -0.3 is 5.73 Å². The maximum Gasteiger partial charge on any atom is 0.218 e. The highest BCUT2D eigenvalue weighted by molar-refractivity contribution is 5.74. The summed E-state index contributed by atoms with van der Waals surface area (Å²) in [7, 11) is 0. The van der Waals surface area contributed by atoms with Crippen LogP contribution in [0.2, 0.25) is 0 Å². The number of carbonyl (C=O) groups is 1. The fourth-order valence-electron chi connectivity index (χ4n) is 2.88. The van der Waals surface area contributed by atoms with E-state index in [-0.39, 0.29) is 24.1 Å². The van der Waals surface area contributed by atoms with Crippen LogP contribution in [0.25, 0.3) is 0 Å². The quantitative estimate of drug-likeness (QED) is 0.856. The normalized spacial score (nSPS) is 18.2. The highest BCUT2D eigenvalue weighted by Gasteiger charge is 2.29. The second-order valence-corrected chi connectivity index (χ2v) is 4.84. The highest BCUT2D eigenvalue weighted by atomic mass is 19.1. The number of hydrogen-bond donors (Lipinski definition) is 1. The molecule has 1 amide bonds. The summed E-state index contributed by atoms with van der Waals surface area (Å²) in [5.74, 6) is -0.202. The van der Waals surface area contributed by atoms with Gasteiger partial charge in [0.2, 0.25) is 5.91 Å². The Hall–Kier alpha value is -1.38. The number of amides is 1. The minimum Gasteiger partial charge on any atom is -0.370 e. The first kappa shape index (κ1) is 12.1. The highest BCUT2D eigenvalue weighted by Crippen LogP contribution is 2.39. The Morgan fingerprint density at radius 1 is 1.35 bits per heavy atom. The van der Waals surface area contributed by atoms with Crippen LogP contribution < -0.4 is 5.73 Å². The molecule has 0 heterocycles. The summed E-state index contributed by atoms with van der Waals surface area (Å²) in [6, 6.07) is 6.73. The first-order valence-corrected chi connectivity index (χ1v) is 6.21. The lowest BCUT2D eigenvalue weighted by Crippen LogP contribution is -2.20. The maximum atomic E-state index is 13.8. The molecule has 3 heteroatoms. The summed E-state index contributed by atoms with van der Waals surface area (Å²) >= 11 is 0. The Morgan fingerprint density at radius 2 is 2.00 bits per heavy atom. The topological polar surface area (TPSA) is 43.1 Å². The number of primary amides is 1. The number of halogens is 1. The third kappa shape index (κ3) is 2.84. The number of rotatable bonds is 4. The van der Waals surface area contributed by atoms with Gasteiger partial charge in [-0.3, -0.25) is 4.79 Å². The lowest BCUT2D eigenvalue weighted by Gasteiger charge is -2.23. The Labute approximate surface area is 101 Å². The summed E-state index contributed by atoms with van der Waals surface area (Å²) < 4.78 is 13.8. The van der Waals surface area contributed by atoms with E-state index < -0.39 is 0 Å². The van der Waals surface area contributed by atoms with Gasteiger partial charge in [0.25, 0.3) is 0 Å². The molecule has 2 N–H and O–H groups in total. The third-order valence-corrected chi connectivity index (χ3v) is 3.69. The summed E-state index contributed by atoms with van der Waals surface area (Å²) in [6.07, 6.45) is 4.76. The molecule has 1 aromatic carbocycles. The van der Waals surface area contributed by atoms with Crippen molar-refractivity contribution in [3.05, 3.63) is 35.6 Å². The summed E-state index contributed by atoms with van der Waals surface area (Å²) in [6.45, 7) is 0. The number of hydrogen-bond acceptors (Lipinski definition) is 1. The van der Waals surface area contributed by atoms with E-state index in [0.29, 0.717) is 11.5 Å². The van der Waals surface area contributed by atoms with Crippen LogP contribution in [0.1, 0.15) is 43.6 Å². The van der Waals surface area contributed by atoms with Crippen LogP contribution in [-0.4, -0.2) is 5.91 Å². The van der Waals surface area contributed by atoms with Crippen LogP contribution >= 0.6 is 0 Å². The van der Waals surface area contributed by atoms with Crippen molar-refractivity contribution in [2.75, 3.05) is 0 Å². The standard InChI is InChI=1S/C14H18FNO/c15-13-8-4-3-7-11(13)12(9-14(16)17)10-5-1-2-6-10/h3-4,7-8,10,12H,1-2,5-6,9H2,(H2,16,17). The first-order chi connectivity index (χ1) is 8.18. The smallest absolute Gasteiger partial charge is 0.218 e. The van der Waals surface area contributed by atoms with Gasteiger partial charge in [-0.2, -0.15) is 0 Å². The van der Waals surface area contributed by atoms with Crippen molar-refractivity contribution in [3.63, 3.8) is 0 Å². The van der Waals surface area contributed by atoms with Gasteiger partial charge in [0.05, 0.1) is 0 Å². The lowest BCUT2D eigenvalue weighted by molar-refractivity contribution is -0.118. The van der Waals surface area contributed by atoms with E-state index in [1.54, 1.807) is 12.1 Å². The largest absolute Gasteiger partial charge is 0.370 e. The zero-order valence-corrected chi connectivity index (χ0v) is 9.86. The molecule has 2 nitrogen and oxygen atoms in total. The molecule has 0 bridgehead atoms. The predicted molar refractivity (Wildman–Crippen MR) is 64.9 cm³/mol. The molecule has 0 spiro atoms. The van der Waals surface area contributed by atoms with Crippen molar-refractivity contribution in [3.8, 4) is 0 Å². The molecule has 0 radical (unpaired) electrons. The molecule has 17 heavy (non-hydrogen) atoms. The van der Waals surface area contributed by atoms with Gasteiger partial charge in [0.15, 0.2) is 0 Å². The second kappa shape index (κ2) is 5.30. The molecular weight excluding hydrogens is 217 g/mol. The molecule has 0 aromatic heterocycles. The fraction of sp³-hybridized carbons (Fsp3) is 0.500. The molecule has 2 rings (SSSR count). The molecule has 1 unspecified atom stereocenters. The number of benzene rings is 1. The molecule has 0 saturated heterocycles. The third-order valence-electron chi connectivity index (χ3n) is 3.69. The molecular formula is C14H18FNO. The molecule has 92 valence electrons. The van der Waals surface area contributed by atoms with Crippen molar-refractivity contribution in [1.29, 1.82) is 0 Å². The van der Waals surface area contributed by atoms with Crippen LogP contribution in [0.3, 0.4) is 0 Å². The van der Waals surface area contributed by atoms with Crippen LogP contribution in [-0.2, 0) is 4.79 Å². The van der Waals surface area contributed by atoms with E-state index in [2.05, 4.69) is 0 Å². The average Bonchev–Trinajstić information content (AvgIpc) is 2.80. The van der Waals surface area contributed by atoms with Crippen LogP contribution in [0.15, 0.2) is 24.3 Å². The van der Waals surface area contributed by atoms with Gasteiger partial charge >= 0.3 is 0 Å². The Morgan fingerprint density at radius 3 is 2.59 bits per heavy atom. The zero-order valence-electron chi connectivity index (χ0n) is 9.86. The fourth-order valence-corrected chi connectivity index (χ4v) is 2.88. The van der Waals surface area contributed by atoms with E-state index >= 15 is 0 Å². The van der Waals surface area contributed by atoms with E-state index in [0.717, 1.165) is 12.8 Å². The number of nitrogens with two attached hydrogens (primary N) is 1. The number of carbonyl (C=O) groups excluding carboxylic acids is 1. The molecule has 1 aliphatic rings. The summed E-state index contributed by atoms with van der Waals surface area (Å²) in [4.78, 5) is 11.2. The SMILES string of the molecule is NC(=O)CC(c1ccccc1F)C1CCCC1. The minimum absolute atomic E-state index is 0.0452. The Bertz CT molecular complexity index is 399. The van der Waals surface area contributed by atoms with Crippen molar-refractivity contribution < 1.29 is 9.18 Å². The minimum atomic E-state index is -0.342. The van der Waals surface area contributed by atoms with Crippen molar-refractivity contribution in [1.82, 2.24) is 0 Å². The van der Waals surface area contributed by atoms with E-state index in [9.17, 15) is 9.18 Å². The van der Waals surface area contributed by atoms with Gasteiger partial charge in [0.1, 0.15) is 5.82 Å².